The molecule has 7 heteroatoms. The minimum absolute atomic E-state index is 0.0903. The maximum atomic E-state index is 12.4. The van der Waals surface area contributed by atoms with E-state index < -0.39 is 5.91 Å². The molecule has 1 amide bonds. The molecule has 2 aromatic carbocycles. The Balaban J connectivity index is 1.74. The number of hydrogen-bond acceptors (Lipinski definition) is 5. The molecule has 0 radical (unpaired) electrons. The Hall–Kier alpha value is -3.45. The molecule has 3 aromatic rings. The van der Waals surface area contributed by atoms with Crippen molar-refractivity contribution >= 4 is 41.0 Å². The Bertz CT molecular complexity index is 1100. The fourth-order valence-corrected chi connectivity index (χ4v) is 2.85. The Morgan fingerprint density at radius 2 is 1.75 bits per heavy atom. The molecule has 0 atom stereocenters. The number of rotatable bonds is 5. The van der Waals surface area contributed by atoms with E-state index in [4.69, 9.17) is 21.3 Å². The number of carbonyl (C=O) groups is 1. The molecule has 0 aliphatic heterocycles. The number of halogens is 1. The standard InChI is InChI=1S/C21H12ClN3O2S/c22-16-3-1-14(2-4-16)20-10-7-18(27-20)11-15(12-23)21(26)25-17-5-8-19(9-6-17)28-13-24/h1-11H,(H,25,26)/b15-11+. The molecule has 3 rings (SSSR count). The quantitative estimate of drug-likeness (QED) is 0.254. The van der Waals surface area contributed by atoms with Gasteiger partial charge in [-0.25, -0.2) is 0 Å². The van der Waals surface area contributed by atoms with Gasteiger partial charge >= 0.3 is 0 Å². The Labute approximate surface area is 170 Å². The molecule has 1 N–H and O–H groups in total. The van der Waals surface area contributed by atoms with Gasteiger partial charge in [-0.3, -0.25) is 4.79 Å². The van der Waals surface area contributed by atoms with E-state index in [2.05, 4.69) is 5.32 Å². The fraction of sp³-hybridized carbons (Fsp3) is 0. The highest BCUT2D eigenvalue weighted by Crippen LogP contribution is 2.25. The van der Waals surface area contributed by atoms with Crippen LogP contribution in [0.15, 0.2) is 75.5 Å². The molecular formula is C21H12ClN3O2S. The number of furan rings is 1. The van der Waals surface area contributed by atoms with E-state index in [9.17, 15) is 10.1 Å². The molecule has 0 bridgehead atoms. The summed E-state index contributed by atoms with van der Waals surface area (Å²) in [6.07, 6.45) is 1.38. The molecule has 1 heterocycles. The van der Waals surface area contributed by atoms with Gasteiger partial charge in [-0.15, -0.1) is 0 Å². The van der Waals surface area contributed by atoms with Gasteiger partial charge in [0.1, 0.15) is 28.6 Å². The van der Waals surface area contributed by atoms with Crippen LogP contribution in [0.1, 0.15) is 5.76 Å². The summed E-state index contributed by atoms with van der Waals surface area (Å²) in [4.78, 5) is 13.1. The third kappa shape index (κ3) is 4.83. The Morgan fingerprint density at radius 1 is 1.04 bits per heavy atom. The molecule has 0 aliphatic carbocycles. The second-order valence-electron chi connectivity index (χ2n) is 5.55. The first-order valence-electron chi connectivity index (χ1n) is 8.04. The summed E-state index contributed by atoms with van der Waals surface area (Å²) in [5.41, 5.74) is 1.27. The van der Waals surface area contributed by atoms with Crippen LogP contribution in [0, 0.1) is 22.0 Å². The largest absolute Gasteiger partial charge is 0.457 e. The van der Waals surface area contributed by atoms with Crippen molar-refractivity contribution in [1.29, 1.82) is 10.5 Å². The number of nitriles is 2. The van der Waals surface area contributed by atoms with Gasteiger partial charge in [0.25, 0.3) is 5.91 Å². The van der Waals surface area contributed by atoms with Gasteiger partial charge in [-0.2, -0.15) is 10.5 Å². The van der Waals surface area contributed by atoms with Crippen LogP contribution < -0.4 is 5.32 Å². The number of anilines is 1. The average Bonchev–Trinajstić information content (AvgIpc) is 3.17. The minimum atomic E-state index is -0.548. The van der Waals surface area contributed by atoms with E-state index in [0.717, 1.165) is 22.2 Å². The molecule has 0 spiro atoms. The molecule has 136 valence electrons. The summed E-state index contributed by atoms with van der Waals surface area (Å²) < 4.78 is 5.70. The molecule has 1 aromatic heterocycles. The Morgan fingerprint density at radius 3 is 2.39 bits per heavy atom. The zero-order chi connectivity index (χ0) is 19.9. The Kier molecular flexibility index (Phi) is 6.18. The van der Waals surface area contributed by atoms with Crippen LogP contribution in [0.5, 0.6) is 0 Å². The first kappa shape index (κ1) is 19.3. The lowest BCUT2D eigenvalue weighted by atomic mass is 10.2. The second kappa shape index (κ2) is 8.96. The van der Waals surface area contributed by atoms with Crippen molar-refractivity contribution < 1.29 is 9.21 Å². The van der Waals surface area contributed by atoms with Crippen LogP contribution in [-0.4, -0.2) is 5.91 Å². The summed E-state index contributed by atoms with van der Waals surface area (Å²) in [5, 5.41) is 23.2. The summed E-state index contributed by atoms with van der Waals surface area (Å²) in [5.74, 6) is 0.441. The summed E-state index contributed by atoms with van der Waals surface area (Å²) in [6, 6.07) is 19.2. The average molecular weight is 406 g/mol. The lowest BCUT2D eigenvalue weighted by molar-refractivity contribution is -0.112. The van der Waals surface area contributed by atoms with Crippen LogP contribution in [0.25, 0.3) is 17.4 Å². The molecule has 0 aliphatic rings. The van der Waals surface area contributed by atoms with Crippen molar-refractivity contribution in [3.05, 3.63) is 77.0 Å². The normalized spacial score (nSPS) is 10.8. The molecular weight excluding hydrogens is 394 g/mol. The molecule has 0 saturated heterocycles. The van der Waals surface area contributed by atoms with E-state index in [1.165, 1.54) is 6.08 Å². The molecule has 5 nitrogen and oxygen atoms in total. The number of hydrogen-bond donors (Lipinski definition) is 1. The highest BCUT2D eigenvalue weighted by Gasteiger charge is 2.12. The first-order valence-corrected chi connectivity index (χ1v) is 9.23. The lowest BCUT2D eigenvalue weighted by Gasteiger charge is -2.04. The van der Waals surface area contributed by atoms with E-state index in [0.29, 0.717) is 22.2 Å². The number of carbonyl (C=O) groups excluding carboxylic acids is 1. The van der Waals surface area contributed by atoms with Crippen LogP contribution in [0.4, 0.5) is 5.69 Å². The zero-order valence-corrected chi connectivity index (χ0v) is 15.9. The highest BCUT2D eigenvalue weighted by molar-refractivity contribution is 8.03. The third-order valence-corrected chi connectivity index (χ3v) is 4.53. The molecule has 0 unspecified atom stereocenters. The predicted octanol–water partition coefficient (Wildman–Crippen LogP) is 5.72. The van der Waals surface area contributed by atoms with E-state index in [1.54, 1.807) is 48.5 Å². The summed E-state index contributed by atoms with van der Waals surface area (Å²) >= 11 is 6.91. The first-order chi connectivity index (χ1) is 13.6. The number of amides is 1. The maximum Gasteiger partial charge on any atom is 0.266 e. The van der Waals surface area contributed by atoms with Crippen molar-refractivity contribution in [2.24, 2.45) is 0 Å². The van der Waals surface area contributed by atoms with Gasteiger partial charge < -0.3 is 9.73 Å². The van der Waals surface area contributed by atoms with Crippen LogP contribution >= 0.6 is 23.4 Å². The lowest BCUT2D eigenvalue weighted by Crippen LogP contribution is -2.13. The third-order valence-electron chi connectivity index (χ3n) is 3.68. The number of nitrogens with zero attached hydrogens (tertiary/aromatic N) is 2. The van der Waals surface area contributed by atoms with Crippen molar-refractivity contribution in [3.63, 3.8) is 0 Å². The van der Waals surface area contributed by atoms with Gasteiger partial charge in [0.2, 0.25) is 0 Å². The van der Waals surface area contributed by atoms with Crippen molar-refractivity contribution in [2.75, 3.05) is 5.32 Å². The zero-order valence-electron chi connectivity index (χ0n) is 14.3. The van der Waals surface area contributed by atoms with Gasteiger partial charge in [0, 0.05) is 27.2 Å². The van der Waals surface area contributed by atoms with E-state index in [1.807, 2.05) is 23.6 Å². The van der Waals surface area contributed by atoms with Crippen molar-refractivity contribution in [1.82, 2.24) is 0 Å². The van der Waals surface area contributed by atoms with Crippen molar-refractivity contribution in [2.45, 2.75) is 4.90 Å². The summed E-state index contributed by atoms with van der Waals surface area (Å²) in [7, 11) is 0. The summed E-state index contributed by atoms with van der Waals surface area (Å²) in [6.45, 7) is 0. The molecule has 0 saturated carbocycles. The number of benzene rings is 2. The van der Waals surface area contributed by atoms with Crippen molar-refractivity contribution in [3.8, 4) is 22.8 Å². The molecule has 0 fully saturated rings. The van der Waals surface area contributed by atoms with E-state index in [-0.39, 0.29) is 5.57 Å². The fourth-order valence-electron chi connectivity index (χ4n) is 2.35. The van der Waals surface area contributed by atoms with Gasteiger partial charge in [-0.1, -0.05) is 11.6 Å². The van der Waals surface area contributed by atoms with Gasteiger partial charge in [0.15, 0.2) is 0 Å². The smallest absolute Gasteiger partial charge is 0.266 e. The minimum Gasteiger partial charge on any atom is -0.457 e. The number of nitrogens with one attached hydrogen (secondary N) is 1. The number of thioether (sulfide) groups is 1. The van der Waals surface area contributed by atoms with Gasteiger partial charge in [0.05, 0.1) is 0 Å². The number of thiocyanates is 1. The van der Waals surface area contributed by atoms with Gasteiger partial charge in [-0.05, 0) is 72.4 Å². The van der Waals surface area contributed by atoms with Crippen LogP contribution in [0.3, 0.4) is 0 Å². The topological polar surface area (TPSA) is 89.8 Å². The van der Waals surface area contributed by atoms with Crippen LogP contribution in [-0.2, 0) is 4.79 Å². The van der Waals surface area contributed by atoms with E-state index >= 15 is 0 Å². The predicted molar refractivity (Wildman–Crippen MR) is 109 cm³/mol. The SMILES string of the molecule is N#CSc1ccc(NC(=O)/C(C#N)=C/c2ccc(-c3ccc(Cl)cc3)o2)cc1. The second-order valence-corrected chi connectivity index (χ2v) is 6.85. The van der Waals surface area contributed by atoms with Crippen LogP contribution in [0.2, 0.25) is 5.02 Å². The maximum absolute atomic E-state index is 12.4. The monoisotopic (exact) mass is 405 g/mol. The highest BCUT2D eigenvalue weighted by atomic mass is 35.5. The molecule has 28 heavy (non-hydrogen) atoms.